The molecule has 1 heterocycles. The van der Waals surface area contributed by atoms with E-state index in [-0.39, 0.29) is 13.5 Å². The van der Waals surface area contributed by atoms with Crippen LogP contribution < -0.4 is 5.32 Å². The SMILES string of the molecule is C.C=C1CNC(=O)N1Cc1ccccc1. The van der Waals surface area contributed by atoms with Crippen LogP contribution in [0.4, 0.5) is 4.79 Å². The van der Waals surface area contributed by atoms with Gasteiger partial charge in [0.05, 0.1) is 13.1 Å². The Labute approximate surface area is 90.4 Å². The van der Waals surface area contributed by atoms with Crippen molar-refractivity contribution in [3.63, 3.8) is 0 Å². The van der Waals surface area contributed by atoms with Crippen molar-refractivity contribution in [3.05, 3.63) is 48.2 Å². The largest absolute Gasteiger partial charge is 0.332 e. The first-order valence-corrected chi connectivity index (χ1v) is 4.54. The second kappa shape index (κ2) is 4.64. The number of benzene rings is 1. The van der Waals surface area contributed by atoms with Crippen molar-refractivity contribution >= 4 is 6.03 Å². The van der Waals surface area contributed by atoms with Gasteiger partial charge < -0.3 is 5.32 Å². The zero-order chi connectivity index (χ0) is 9.97. The highest BCUT2D eigenvalue weighted by Crippen LogP contribution is 2.13. The van der Waals surface area contributed by atoms with Crippen LogP contribution in [0.2, 0.25) is 0 Å². The van der Waals surface area contributed by atoms with E-state index in [9.17, 15) is 4.79 Å². The highest BCUT2D eigenvalue weighted by atomic mass is 16.2. The molecule has 0 unspecified atom stereocenters. The van der Waals surface area contributed by atoms with Crippen LogP contribution in [0.3, 0.4) is 0 Å². The van der Waals surface area contributed by atoms with Gasteiger partial charge in [-0.15, -0.1) is 0 Å². The van der Waals surface area contributed by atoms with Gasteiger partial charge in [0, 0.05) is 5.70 Å². The van der Waals surface area contributed by atoms with Crippen LogP contribution in [-0.4, -0.2) is 17.5 Å². The van der Waals surface area contributed by atoms with Gasteiger partial charge in [-0.1, -0.05) is 44.3 Å². The van der Waals surface area contributed by atoms with E-state index in [1.165, 1.54) is 0 Å². The number of carbonyl (C=O) groups excluding carboxylic acids is 1. The van der Waals surface area contributed by atoms with Crippen LogP contribution in [0.15, 0.2) is 42.6 Å². The fourth-order valence-corrected chi connectivity index (χ4v) is 1.46. The Kier molecular flexibility index (Phi) is 3.50. The van der Waals surface area contributed by atoms with Crippen molar-refractivity contribution in [2.45, 2.75) is 14.0 Å². The lowest BCUT2D eigenvalue weighted by Crippen LogP contribution is -2.26. The molecule has 3 nitrogen and oxygen atoms in total. The van der Waals surface area contributed by atoms with E-state index in [0.717, 1.165) is 11.3 Å². The zero-order valence-electron chi connectivity index (χ0n) is 7.86. The molecule has 0 aliphatic carbocycles. The average molecular weight is 204 g/mol. The minimum atomic E-state index is -0.0566. The Hall–Kier alpha value is -1.77. The van der Waals surface area contributed by atoms with E-state index in [0.29, 0.717) is 13.1 Å². The van der Waals surface area contributed by atoms with Crippen molar-refractivity contribution < 1.29 is 4.79 Å². The molecule has 1 aliphatic heterocycles. The van der Waals surface area contributed by atoms with Crippen LogP contribution in [0, 0.1) is 0 Å². The Morgan fingerprint density at radius 1 is 1.33 bits per heavy atom. The lowest BCUT2D eigenvalue weighted by Gasteiger charge is -2.15. The van der Waals surface area contributed by atoms with Gasteiger partial charge in [-0.25, -0.2) is 4.79 Å². The molecule has 0 radical (unpaired) electrons. The number of hydrogen-bond acceptors (Lipinski definition) is 1. The lowest BCUT2D eigenvalue weighted by molar-refractivity contribution is 0.222. The number of rotatable bonds is 2. The Balaban J connectivity index is 0.00000112. The molecule has 1 aromatic carbocycles. The normalized spacial score (nSPS) is 14.8. The Bertz CT molecular complexity index is 343. The highest BCUT2D eigenvalue weighted by Gasteiger charge is 2.22. The first-order valence-electron chi connectivity index (χ1n) is 4.54. The molecule has 1 N–H and O–H groups in total. The third-order valence-corrected chi connectivity index (χ3v) is 2.25. The molecule has 2 amide bonds. The Morgan fingerprint density at radius 2 is 2.00 bits per heavy atom. The summed E-state index contributed by atoms with van der Waals surface area (Å²) in [6.45, 7) is 4.99. The first-order chi connectivity index (χ1) is 6.77. The number of carbonyl (C=O) groups is 1. The molecule has 0 atom stereocenters. The maximum Gasteiger partial charge on any atom is 0.322 e. The summed E-state index contributed by atoms with van der Waals surface area (Å²) in [5, 5.41) is 2.73. The summed E-state index contributed by atoms with van der Waals surface area (Å²) >= 11 is 0. The molecule has 1 aromatic rings. The van der Waals surface area contributed by atoms with Gasteiger partial charge in [-0.05, 0) is 5.56 Å². The summed E-state index contributed by atoms with van der Waals surface area (Å²) in [5.74, 6) is 0. The molecule has 0 spiro atoms. The van der Waals surface area contributed by atoms with Gasteiger partial charge in [-0.2, -0.15) is 0 Å². The number of nitrogens with zero attached hydrogens (tertiary/aromatic N) is 1. The average Bonchev–Trinajstić information content (AvgIpc) is 2.51. The summed E-state index contributed by atoms with van der Waals surface area (Å²) in [5.41, 5.74) is 1.95. The van der Waals surface area contributed by atoms with Crippen molar-refractivity contribution in [2.75, 3.05) is 6.54 Å². The molecule has 0 aromatic heterocycles. The predicted molar refractivity (Wildman–Crippen MR) is 61.3 cm³/mol. The molecule has 1 saturated heterocycles. The van der Waals surface area contributed by atoms with Gasteiger partial charge in [0.2, 0.25) is 0 Å². The number of nitrogens with one attached hydrogen (secondary N) is 1. The molecular weight excluding hydrogens is 188 g/mol. The molecule has 2 rings (SSSR count). The van der Waals surface area contributed by atoms with E-state index in [4.69, 9.17) is 0 Å². The molecule has 1 fully saturated rings. The van der Waals surface area contributed by atoms with Crippen molar-refractivity contribution in [3.8, 4) is 0 Å². The summed E-state index contributed by atoms with van der Waals surface area (Å²) in [7, 11) is 0. The molecule has 80 valence electrons. The molecular formula is C12H16N2O. The summed E-state index contributed by atoms with van der Waals surface area (Å²) < 4.78 is 0. The fourth-order valence-electron chi connectivity index (χ4n) is 1.46. The predicted octanol–water partition coefficient (Wildman–Crippen LogP) is 2.36. The van der Waals surface area contributed by atoms with E-state index >= 15 is 0 Å². The van der Waals surface area contributed by atoms with Crippen LogP contribution >= 0.6 is 0 Å². The van der Waals surface area contributed by atoms with E-state index in [1.54, 1.807) is 4.90 Å². The molecule has 15 heavy (non-hydrogen) atoms. The van der Waals surface area contributed by atoms with Gasteiger partial charge >= 0.3 is 6.03 Å². The Morgan fingerprint density at radius 3 is 2.53 bits per heavy atom. The van der Waals surface area contributed by atoms with Gasteiger partial charge in [0.25, 0.3) is 0 Å². The van der Waals surface area contributed by atoms with Crippen LogP contribution in [0.5, 0.6) is 0 Å². The minimum Gasteiger partial charge on any atom is -0.332 e. The molecule has 0 saturated carbocycles. The van der Waals surface area contributed by atoms with Crippen molar-refractivity contribution in [1.82, 2.24) is 10.2 Å². The number of hydrogen-bond donors (Lipinski definition) is 1. The number of amides is 2. The quantitative estimate of drug-likeness (QED) is 0.788. The maximum atomic E-state index is 11.3. The zero-order valence-corrected chi connectivity index (χ0v) is 7.86. The number of urea groups is 1. The smallest absolute Gasteiger partial charge is 0.322 e. The standard InChI is InChI=1S/C11H12N2O.CH4/c1-9-7-12-11(14)13(9)8-10-5-3-2-4-6-10;/h2-6H,1,7-8H2,(H,12,14);1H4. The van der Waals surface area contributed by atoms with Gasteiger partial charge in [0.1, 0.15) is 0 Å². The van der Waals surface area contributed by atoms with Crippen LogP contribution in [0.1, 0.15) is 13.0 Å². The third kappa shape index (κ3) is 2.37. The maximum absolute atomic E-state index is 11.3. The van der Waals surface area contributed by atoms with Crippen LogP contribution in [0.25, 0.3) is 0 Å². The second-order valence-electron chi connectivity index (χ2n) is 3.30. The van der Waals surface area contributed by atoms with Crippen LogP contribution in [-0.2, 0) is 6.54 Å². The molecule has 3 heteroatoms. The van der Waals surface area contributed by atoms with E-state index in [2.05, 4.69) is 11.9 Å². The summed E-state index contributed by atoms with van der Waals surface area (Å²) in [6.07, 6.45) is 0. The molecule has 1 aliphatic rings. The topological polar surface area (TPSA) is 32.3 Å². The molecule has 0 bridgehead atoms. The third-order valence-electron chi connectivity index (χ3n) is 2.25. The van der Waals surface area contributed by atoms with E-state index in [1.807, 2.05) is 30.3 Å². The van der Waals surface area contributed by atoms with Gasteiger partial charge in [0.15, 0.2) is 0 Å². The van der Waals surface area contributed by atoms with E-state index < -0.39 is 0 Å². The van der Waals surface area contributed by atoms with Crippen molar-refractivity contribution in [1.29, 1.82) is 0 Å². The highest BCUT2D eigenvalue weighted by molar-refractivity contribution is 5.79. The first kappa shape index (κ1) is 11.3. The summed E-state index contributed by atoms with van der Waals surface area (Å²) in [6, 6.07) is 9.83. The second-order valence-corrected chi connectivity index (χ2v) is 3.30. The fraction of sp³-hybridized carbons (Fsp3) is 0.250. The summed E-state index contributed by atoms with van der Waals surface area (Å²) in [4.78, 5) is 13.0. The van der Waals surface area contributed by atoms with Gasteiger partial charge in [-0.3, -0.25) is 4.90 Å². The lowest BCUT2D eigenvalue weighted by atomic mass is 10.2. The van der Waals surface area contributed by atoms with Crippen molar-refractivity contribution in [2.24, 2.45) is 0 Å². The monoisotopic (exact) mass is 204 g/mol. The minimum absolute atomic E-state index is 0.